The van der Waals surface area contributed by atoms with E-state index in [0.29, 0.717) is 0 Å². The van der Waals surface area contributed by atoms with Gasteiger partial charge in [-0.2, -0.15) is 0 Å². The van der Waals surface area contributed by atoms with E-state index in [1.165, 1.54) is 27.4 Å². The summed E-state index contributed by atoms with van der Waals surface area (Å²) in [6.07, 6.45) is 4.47. The van der Waals surface area contributed by atoms with Crippen molar-refractivity contribution >= 4 is 21.8 Å². The molecule has 5 aromatic rings. The Bertz CT molecular complexity index is 1070. The molecule has 0 unspecified atom stereocenters. The van der Waals surface area contributed by atoms with Gasteiger partial charge in [-0.05, 0) is 40.6 Å². The summed E-state index contributed by atoms with van der Waals surface area (Å²) >= 11 is 0. The van der Waals surface area contributed by atoms with E-state index >= 15 is 0 Å². The molecule has 120 valence electrons. The lowest BCUT2D eigenvalue weighted by molar-refractivity contribution is 0.534. The fourth-order valence-electron chi connectivity index (χ4n) is 3.72. The van der Waals surface area contributed by atoms with Gasteiger partial charge in [0.25, 0.3) is 0 Å². The second kappa shape index (κ2) is 5.67. The second-order valence-electron chi connectivity index (χ2n) is 6.35. The Morgan fingerprint density at radius 1 is 0.480 bits per heavy atom. The van der Waals surface area contributed by atoms with Gasteiger partial charge in [0, 0.05) is 12.4 Å². The Hall–Kier alpha value is -3.26. The van der Waals surface area contributed by atoms with Crippen LogP contribution in [0.2, 0.25) is 0 Å². The number of nitrogens with zero attached hydrogens (tertiary/aromatic N) is 2. The molecule has 0 N–H and O–H groups in total. The summed E-state index contributed by atoms with van der Waals surface area (Å²) < 4.78 is 4.72. The molecular formula is C23H18N2. The highest BCUT2D eigenvalue weighted by Gasteiger charge is 2.18. The maximum Gasteiger partial charge on any atom is 0.136 e. The molecule has 0 atom stereocenters. The molecular weight excluding hydrogens is 304 g/mol. The van der Waals surface area contributed by atoms with E-state index in [0.717, 1.165) is 0 Å². The van der Waals surface area contributed by atoms with Crippen molar-refractivity contribution in [3.8, 4) is 0 Å². The molecule has 2 aromatic heterocycles. The van der Waals surface area contributed by atoms with Gasteiger partial charge in [-0.25, -0.2) is 0 Å². The lowest BCUT2D eigenvalue weighted by atomic mass is 10.1. The molecule has 0 fully saturated rings. The Morgan fingerprint density at radius 3 is 1.52 bits per heavy atom. The van der Waals surface area contributed by atoms with E-state index in [1.54, 1.807) is 0 Å². The summed E-state index contributed by atoms with van der Waals surface area (Å²) in [6.45, 7) is 0. The second-order valence-corrected chi connectivity index (χ2v) is 6.35. The van der Waals surface area contributed by atoms with Gasteiger partial charge in [-0.15, -0.1) is 0 Å². The van der Waals surface area contributed by atoms with Crippen molar-refractivity contribution in [3.63, 3.8) is 0 Å². The van der Waals surface area contributed by atoms with Crippen LogP contribution in [-0.4, -0.2) is 9.13 Å². The average molecular weight is 322 g/mol. The van der Waals surface area contributed by atoms with Crippen LogP contribution in [0.15, 0.2) is 103 Å². The number of hydrogen-bond acceptors (Lipinski definition) is 0. The zero-order valence-electron chi connectivity index (χ0n) is 13.8. The highest BCUT2D eigenvalue weighted by atomic mass is 15.2. The molecule has 2 heterocycles. The maximum absolute atomic E-state index is 2.36. The van der Waals surface area contributed by atoms with Crippen molar-refractivity contribution in [3.05, 3.63) is 109 Å². The number of aromatic nitrogens is 2. The molecule has 0 amide bonds. The molecule has 0 radical (unpaired) electrons. The molecule has 25 heavy (non-hydrogen) atoms. The molecule has 2 heteroatoms. The van der Waals surface area contributed by atoms with Gasteiger partial charge in [0.15, 0.2) is 0 Å². The predicted molar refractivity (Wildman–Crippen MR) is 104 cm³/mol. The molecule has 0 bridgehead atoms. The third-order valence-electron chi connectivity index (χ3n) is 4.88. The molecule has 3 aromatic carbocycles. The summed E-state index contributed by atoms with van der Waals surface area (Å²) in [4.78, 5) is 0. The SMILES string of the molecule is c1ccc(C(n2ccc3ccccc32)n2ccc3ccccc32)cc1. The molecule has 0 saturated carbocycles. The highest BCUT2D eigenvalue weighted by molar-refractivity contribution is 5.82. The van der Waals surface area contributed by atoms with Crippen molar-refractivity contribution in [2.45, 2.75) is 6.17 Å². The average Bonchev–Trinajstić information content (AvgIpc) is 3.29. The number of fused-ring (bicyclic) bond motifs is 2. The third kappa shape index (κ3) is 2.26. The van der Waals surface area contributed by atoms with Crippen LogP contribution >= 0.6 is 0 Å². The van der Waals surface area contributed by atoms with Gasteiger partial charge in [-0.1, -0.05) is 66.7 Å². The largest absolute Gasteiger partial charge is 0.322 e. The monoisotopic (exact) mass is 322 g/mol. The van der Waals surface area contributed by atoms with E-state index < -0.39 is 0 Å². The summed E-state index contributed by atoms with van der Waals surface area (Å²) in [5.41, 5.74) is 3.76. The van der Waals surface area contributed by atoms with E-state index in [1.807, 2.05) is 0 Å². The van der Waals surface area contributed by atoms with Crippen molar-refractivity contribution < 1.29 is 0 Å². The Labute approximate surface area is 146 Å². The van der Waals surface area contributed by atoms with Crippen molar-refractivity contribution in [1.82, 2.24) is 9.13 Å². The quantitative estimate of drug-likeness (QED) is 0.404. The zero-order valence-corrected chi connectivity index (χ0v) is 13.8. The van der Waals surface area contributed by atoms with E-state index in [-0.39, 0.29) is 6.17 Å². The van der Waals surface area contributed by atoms with Gasteiger partial charge >= 0.3 is 0 Å². The molecule has 5 rings (SSSR count). The van der Waals surface area contributed by atoms with Crippen molar-refractivity contribution in [1.29, 1.82) is 0 Å². The lowest BCUT2D eigenvalue weighted by Gasteiger charge is -2.24. The normalized spacial score (nSPS) is 11.6. The minimum atomic E-state index is 0.0843. The fourth-order valence-corrected chi connectivity index (χ4v) is 3.72. The summed E-state index contributed by atoms with van der Waals surface area (Å²) in [6, 6.07) is 32.2. The van der Waals surface area contributed by atoms with E-state index in [2.05, 4.69) is 113 Å². The summed E-state index contributed by atoms with van der Waals surface area (Å²) in [7, 11) is 0. The zero-order chi connectivity index (χ0) is 16.6. The Kier molecular flexibility index (Phi) is 3.20. The first-order valence-corrected chi connectivity index (χ1v) is 8.58. The van der Waals surface area contributed by atoms with Gasteiger partial charge in [0.05, 0.1) is 11.0 Å². The van der Waals surface area contributed by atoms with Crippen LogP contribution in [0.1, 0.15) is 11.7 Å². The molecule has 0 saturated heterocycles. The van der Waals surface area contributed by atoms with Gasteiger partial charge in [0.1, 0.15) is 6.17 Å². The van der Waals surface area contributed by atoms with Crippen LogP contribution in [0.25, 0.3) is 21.8 Å². The molecule has 0 spiro atoms. The third-order valence-corrected chi connectivity index (χ3v) is 4.88. The summed E-state index contributed by atoms with van der Waals surface area (Å²) in [5.74, 6) is 0. The molecule has 0 aliphatic carbocycles. The fraction of sp³-hybridized carbons (Fsp3) is 0.0435. The van der Waals surface area contributed by atoms with Crippen LogP contribution in [0.5, 0.6) is 0 Å². The van der Waals surface area contributed by atoms with E-state index in [9.17, 15) is 0 Å². The lowest BCUT2D eigenvalue weighted by Crippen LogP contribution is -2.18. The first kappa shape index (κ1) is 14.1. The summed E-state index contributed by atoms with van der Waals surface area (Å²) in [5, 5.41) is 2.53. The Morgan fingerprint density at radius 2 is 0.960 bits per heavy atom. The number of hydrogen-bond donors (Lipinski definition) is 0. The van der Waals surface area contributed by atoms with Crippen LogP contribution in [0, 0.1) is 0 Å². The molecule has 0 aliphatic rings. The van der Waals surface area contributed by atoms with E-state index in [4.69, 9.17) is 0 Å². The minimum absolute atomic E-state index is 0.0843. The smallest absolute Gasteiger partial charge is 0.136 e. The highest BCUT2D eigenvalue weighted by Crippen LogP contribution is 2.30. The van der Waals surface area contributed by atoms with Crippen LogP contribution in [-0.2, 0) is 0 Å². The maximum atomic E-state index is 2.36. The van der Waals surface area contributed by atoms with Gasteiger partial charge in [0.2, 0.25) is 0 Å². The number of para-hydroxylation sites is 2. The predicted octanol–water partition coefficient (Wildman–Crippen LogP) is 5.69. The van der Waals surface area contributed by atoms with Crippen LogP contribution in [0.4, 0.5) is 0 Å². The molecule has 2 nitrogen and oxygen atoms in total. The van der Waals surface area contributed by atoms with Crippen LogP contribution < -0.4 is 0 Å². The standard InChI is InChI=1S/C23H18N2/c1-2-10-20(11-3-1)23(24-16-14-18-8-4-6-12-21(18)24)25-17-15-19-9-5-7-13-22(19)25/h1-17,23H. The number of rotatable bonds is 3. The molecule has 0 aliphatic heterocycles. The van der Waals surface area contributed by atoms with Gasteiger partial charge in [-0.3, -0.25) is 0 Å². The topological polar surface area (TPSA) is 9.86 Å². The van der Waals surface area contributed by atoms with Crippen molar-refractivity contribution in [2.24, 2.45) is 0 Å². The van der Waals surface area contributed by atoms with Crippen molar-refractivity contribution in [2.75, 3.05) is 0 Å². The number of benzene rings is 3. The Balaban J connectivity index is 1.81. The van der Waals surface area contributed by atoms with Gasteiger partial charge < -0.3 is 9.13 Å². The first-order valence-electron chi connectivity index (χ1n) is 8.58. The first-order chi connectivity index (χ1) is 12.4. The minimum Gasteiger partial charge on any atom is -0.322 e. The van der Waals surface area contributed by atoms with Crippen LogP contribution in [0.3, 0.4) is 0 Å².